The lowest BCUT2D eigenvalue weighted by Crippen LogP contribution is -2.29. The lowest BCUT2D eigenvalue weighted by atomic mass is 10.1. The SMILES string of the molecule is C[C@H]1S[C@H](c2ccccc2)N(Cc2ccc3ccccc3c2)C1=O. The Morgan fingerprint density at radius 1 is 0.917 bits per heavy atom. The number of hydrogen-bond donors (Lipinski definition) is 0. The van der Waals surface area contributed by atoms with Gasteiger partial charge in [-0.1, -0.05) is 66.7 Å². The summed E-state index contributed by atoms with van der Waals surface area (Å²) in [5.41, 5.74) is 2.37. The Hall–Kier alpha value is -2.26. The molecule has 0 aliphatic carbocycles. The second kappa shape index (κ2) is 6.33. The van der Waals surface area contributed by atoms with Gasteiger partial charge in [0.05, 0.1) is 5.25 Å². The molecule has 0 saturated carbocycles. The van der Waals surface area contributed by atoms with Crippen LogP contribution in [0, 0.1) is 0 Å². The minimum Gasteiger partial charge on any atom is -0.321 e. The van der Waals surface area contributed by atoms with Gasteiger partial charge in [-0.15, -0.1) is 11.8 Å². The van der Waals surface area contributed by atoms with E-state index in [1.807, 2.05) is 30.0 Å². The first-order valence-electron chi connectivity index (χ1n) is 8.21. The first kappa shape index (κ1) is 15.3. The summed E-state index contributed by atoms with van der Waals surface area (Å²) in [7, 11) is 0. The van der Waals surface area contributed by atoms with E-state index in [-0.39, 0.29) is 16.5 Å². The van der Waals surface area contributed by atoms with Gasteiger partial charge in [0.1, 0.15) is 5.37 Å². The molecule has 1 amide bonds. The van der Waals surface area contributed by atoms with Crippen LogP contribution in [-0.2, 0) is 11.3 Å². The molecule has 0 unspecified atom stereocenters. The van der Waals surface area contributed by atoms with Crippen LogP contribution in [0.2, 0.25) is 0 Å². The minimum absolute atomic E-state index is 0.00987. The Morgan fingerprint density at radius 2 is 1.62 bits per heavy atom. The lowest BCUT2D eigenvalue weighted by molar-refractivity contribution is -0.130. The molecule has 2 atom stereocenters. The average molecular weight is 333 g/mol. The molecule has 0 spiro atoms. The van der Waals surface area contributed by atoms with Crippen molar-refractivity contribution in [1.29, 1.82) is 0 Å². The van der Waals surface area contributed by atoms with Gasteiger partial charge in [0, 0.05) is 6.54 Å². The quantitative estimate of drug-likeness (QED) is 0.672. The Kier molecular flexibility index (Phi) is 4.03. The fraction of sp³-hybridized carbons (Fsp3) is 0.190. The molecule has 1 heterocycles. The summed E-state index contributed by atoms with van der Waals surface area (Å²) in [5, 5.41) is 2.56. The summed E-state index contributed by atoms with van der Waals surface area (Å²) >= 11 is 1.73. The molecule has 3 aromatic rings. The van der Waals surface area contributed by atoms with Crippen LogP contribution in [0.5, 0.6) is 0 Å². The van der Waals surface area contributed by atoms with E-state index in [2.05, 4.69) is 54.6 Å². The van der Waals surface area contributed by atoms with Crippen molar-refractivity contribution in [3.05, 3.63) is 83.9 Å². The Bertz CT molecular complexity index is 877. The molecular formula is C21H19NOS. The zero-order chi connectivity index (χ0) is 16.5. The van der Waals surface area contributed by atoms with Crippen LogP contribution in [-0.4, -0.2) is 16.1 Å². The minimum atomic E-state index is 0.00987. The van der Waals surface area contributed by atoms with E-state index in [4.69, 9.17) is 0 Å². The van der Waals surface area contributed by atoms with Gasteiger partial charge in [0.2, 0.25) is 5.91 Å². The van der Waals surface area contributed by atoms with E-state index in [1.165, 1.54) is 21.9 Å². The summed E-state index contributed by atoms with van der Waals surface area (Å²) in [4.78, 5) is 14.7. The highest BCUT2D eigenvalue weighted by Crippen LogP contribution is 2.43. The number of benzene rings is 3. The highest BCUT2D eigenvalue weighted by molar-refractivity contribution is 8.01. The van der Waals surface area contributed by atoms with Crippen molar-refractivity contribution in [2.24, 2.45) is 0 Å². The second-order valence-corrected chi connectivity index (χ2v) is 7.61. The fourth-order valence-electron chi connectivity index (χ4n) is 3.24. The predicted molar refractivity (Wildman–Crippen MR) is 101 cm³/mol. The van der Waals surface area contributed by atoms with Gasteiger partial charge in [-0.2, -0.15) is 0 Å². The number of thioether (sulfide) groups is 1. The molecule has 1 fully saturated rings. The first-order valence-corrected chi connectivity index (χ1v) is 9.15. The van der Waals surface area contributed by atoms with Crippen molar-refractivity contribution in [2.45, 2.75) is 24.1 Å². The van der Waals surface area contributed by atoms with E-state index in [0.717, 1.165) is 0 Å². The molecule has 4 rings (SSSR count). The number of nitrogens with zero attached hydrogens (tertiary/aromatic N) is 1. The van der Waals surface area contributed by atoms with Crippen molar-refractivity contribution in [3.8, 4) is 0 Å². The number of amides is 1. The normalized spacial score (nSPS) is 20.7. The second-order valence-electron chi connectivity index (χ2n) is 6.19. The molecule has 1 aliphatic heterocycles. The summed E-state index contributed by atoms with van der Waals surface area (Å²) in [6.45, 7) is 2.66. The molecule has 0 N–H and O–H groups in total. The molecule has 24 heavy (non-hydrogen) atoms. The van der Waals surface area contributed by atoms with Gasteiger partial charge < -0.3 is 4.90 Å². The molecule has 3 aromatic carbocycles. The van der Waals surface area contributed by atoms with Crippen molar-refractivity contribution in [1.82, 2.24) is 4.90 Å². The number of rotatable bonds is 3. The van der Waals surface area contributed by atoms with Crippen LogP contribution >= 0.6 is 11.8 Å². The third-order valence-electron chi connectivity index (χ3n) is 4.50. The lowest BCUT2D eigenvalue weighted by Gasteiger charge is -2.24. The maximum absolute atomic E-state index is 12.7. The monoisotopic (exact) mass is 333 g/mol. The van der Waals surface area contributed by atoms with Crippen LogP contribution < -0.4 is 0 Å². The van der Waals surface area contributed by atoms with Crippen LogP contribution in [0.4, 0.5) is 0 Å². The molecule has 3 heteroatoms. The fourth-order valence-corrected chi connectivity index (χ4v) is 4.52. The molecule has 0 aromatic heterocycles. The Morgan fingerprint density at radius 3 is 2.42 bits per heavy atom. The van der Waals surface area contributed by atoms with Crippen molar-refractivity contribution < 1.29 is 4.79 Å². The molecule has 1 aliphatic rings. The molecule has 2 nitrogen and oxygen atoms in total. The van der Waals surface area contributed by atoms with Gasteiger partial charge >= 0.3 is 0 Å². The van der Waals surface area contributed by atoms with Gasteiger partial charge in [-0.05, 0) is 34.9 Å². The summed E-state index contributed by atoms with van der Waals surface area (Å²) in [6, 6.07) is 25.1. The number of fused-ring (bicyclic) bond motifs is 1. The van der Waals surface area contributed by atoms with Gasteiger partial charge in [0.25, 0.3) is 0 Å². The smallest absolute Gasteiger partial charge is 0.236 e. The zero-order valence-electron chi connectivity index (χ0n) is 13.6. The molecule has 0 radical (unpaired) electrons. The van der Waals surface area contributed by atoms with Gasteiger partial charge in [0.15, 0.2) is 0 Å². The predicted octanol–water partition coefficient (Wildman–Crippen LogP) is 5.00. The standard InChI is InChI=1S/C21H19NOS/c1-15-20(23)22(21(24-15)18-8-3-2-4-9-18)14-16-11-12-17-7-5-6-10-19(17)13-16/h2-13,15,21H,14H2,1H3/t15-,21-/m1/s1. The van der Waals surface area contributed by atoms with Gasteiger partial charge in [-0.25, -0.2) is 0 Å². The molecule has 120 valence electrons. The maximum atomic E-state index is 12.7. The van der Waals surface area contributed by atoms with E-state index in [1.54, 1.807) is 11.8 Å². The maximum Gasteiger partial charge on any atom is 0.236 e. The zero-order valence-corrected chi connectivity index (χ0v) is 14.4. The van der Waals surface area contributed by atoms with Crippen LogP contribution in [0.25, 0.3) is 10.8 Å². The van der Waals surface area contributed by atoms with Crippen molar-refractivity contribution >= 4 is 28.4 Å². The highest BCUT2D eigenvalue weighted by Gasteiger charge is 2.38. The highest BCUT2D eigenvalue weighted by atomic mass is 32.2. The number of hydrogen-bond acceptors (Lipinski definition) is 2. The van der Waals surface area contributed by atoms with Crippen LogP contribution in [0.15, 0.2) is 72.8 Å². The van der Waals surface area contributed by atoms with Crippen molar-refractivity contribution in [2.75, 3.05) is 0 Å². The van der Waals surface area contributed by atoms with Crippen LogP contribution in [0.3, 0.4) is 0 Å². The number of carbonyl (C=O) groups excluding carboxylic acids is 1. The average Bonchev–Trinajstić information content (AvgIpc) is 2.91. The summed E-state index contributed by atoms with van der Waals surface area (Å²) in [6.07, 6.45) is 0. The van der Waals surface area contributed by atoms with Crippen molar-refractivity contribution in [3.63, 3.8) is 0 Å². The summed E-state index contributed by atoms with van der Waals surface area (Å²) < 4.78 is 0. The molecule has 1 saturated heterocycles. The van der Waals surface area contributed by atoms with E-state index in [0.29, 0.717) is 6.54 Å². The summed E-state index contributed by atoms with van der Waals surface area (Å²) in [5.74, 6) is 0.224. The van der Waals surface area contributed by atoms with Crippen LogP contribution in [0.1, 0.15) is 23.4 Å². The van der Waals surface area contributed by atoms with E-state index < -0.39 is 0 Å². The largest absolute Gasteiger partial charge is 0.321 e. The molecular weight excluding hydrogens is 314 g/mol. The third-order valence-corrected chi connectivity index (χ3v) is 5.89. The third kappa shape index (κ3) is 2.80. The molecule has 0 bridgehead atoms. The number of carbonyl (C=O) groups is 1. The Balaban J connectivity index is 1.66. The van der Waals surface area contributed by atoms with E-state index >= 15 is 0 Å². The first-order chi connectivity index (χ1) is 11.7. The topological polar surface area (TPSA) is 20.3 Å². The van der Waals surface area contributed by atoms with E-state index in [9.17, 15) is 4.79 Å². The van der Waals surface area contributed by atoms with Gasteiger partial charge in [-0.3, -0.25) is 4.79 Å². The Labute approximate surface area is 146 Å².